The Balaban J connectivity index is 1.62. The van der Waals surface area contributed by atoms with Gasteiger partial charge in [0.1, 0.15) is 0 Å². The molecule has 0 fully saturated rings. The number of benzene rings is 1. The fraction of sp³-hybridized carbons (Fsp3) is 0.333. The molecule has 2 heterocycles. The summed E-state index contributed by atoms with van der Waals surface area (Å²) in [7, 11) is 0. The summed E-state index contributed by atoms with van der Waals surface area (Å²) >= 11 is 0. The number of aryl methyl sites for hydroxylation is 1. The summed E-state index contributed by atoms with van der Waals surface area (Å²) in [5.74, 6) is 1.30. The molecule has 1 aromatic carbocycles. The average Bonchev–Trinajstić information content (AvgIpc) is 3.04. The number of hydrogen-bond acceptors (Lipinski definition) is 4. The summed E-state index contributed by atoms with van der Waals surface area (Å²) in [6, 6.07) is 8.69. The molecule has 2 aromatic heterocycles. The molecule has 0 aliphatic rings. The van der Waals surface area contributed by atoms with E-state index in [9.17, 15) is 0 Å². The van der Waals surface area contributed by atoms with Gasteiger partial charge in [-0.1, -0.05) is 23.4 Å². The second-order valence-electron chi connectivity index (χ2n) is 5.08. The van der Waals surface area contributed by atoms with Gasteiger partial charge in [0.15, 0.2) is 5.82 Å². The van der Waals surface area contributed by atoms with Gasteiger partial charge in [0.05, 0.1) is 6.54 Å². The van der Waals surface area contributed by atoms with Crippen LogP contribution < -0.4 is 5.32 Å². The largest absolute Gasteiger partial charge is 0.361 e. The number of hydrogen-bond donors (Lipinski definition) is 2. The number of H-pyrrole nitrogens is 1. The summed E-state index contributed by atoms with van der Waals surface area (Å²) in [5.41, 5.74) is 2.50. The van der Waals surface area contributed by atoms with Crippen molar-refractivity contribution in [3.8, 4) is 0 Å². The molecule has 3 aromatic rings. The maximum absolute atomic E-state index is 5.09. The lowest BCUT2D eigenvalue weighted by Crippen LogP contribution is -2.27. The smallest absolute Gasteiger partial charge is 0.240 e. The van der Waals surface area contributed by atoms with Crippen molar-refractivity contribution in [3.05, 3.63) is 47.7 Å². The van der Waals surface area contributed by atoms with Crippen LogP contribution in [-0.2, 0) is 13.0 Å². The van der Waals surface area contributed by atoms with Crippen LogP contribution in [0.25, 0.3) is 10.9 Å². The number of fused-ring (bicyclic) bond motifs is 1. The minimum atomic E-state index is 0.335. The quantitative estimate of drug-likeness (QED) is 0.747. The van der Waals surface area contributed by atoms with E-state index >= 15 is 0 Å². The van der Waals surface area contributed by atoms with Gasteiger partial charge in [-0.2, -0.15) is 4.98 Å². The van der Waals surface area contributed by atoms with E-state index < -0.39 is 0 Å². The SMILES string of the molecule is Cc1noc(CNC(C)Cc2c[nH]c3ccccc23)n1. The van der Waals surface area contributed by atoms with Crippen molar-refractivity contribution in [2.45, 2.75) is 32.9 Å². The molecule has 5 heteroatoms. The normalized spacial score (nSPS) is 12.9. The highest BCUT2D eigenvalue weighted by molar-refractivity contribution is 5.83. The first kappa shape index (κ1) is 12.9. The third-order valence-electron chi connectivity index (χ3n) is 3.37. The number of aromatic amines is 1. The molecular weight excluding hydrogens is 252 g/mol. The van der Waals surface area contributed by atoms with Gasteiger partial charge in [0.25, 0.3) is 0 Å². The molecule has 0 bridgehead atoms. The van der Waals surface area contributed by atoms with Gasteiger partial charge >= 0.3 is 0 Å². The lowest BCUT2D eigenvalue weighted by molar-refractivity contribution is 0.356. The third kappa shape index (κ3) is 2.72. The van der Waals surface area contributed by atoms with Crippen molar-refractivity contribution in [3.63, 3.8) is 0 Å². The zero-order valence-electron chi connectivity index (χ0n) is 11.7. The maximum atomic E-state index is 5.09. The first-order valence-electron chi connectivity index (χ1n) is 6.80. The monoisotopic (exact) mass is 270 g/mol. The van der Waals surface area contributed by atoms with E-state index in [1.165, 1.54) is 16.5 Å². The molecule has 0 amide bonds. The second kappa shape index (κ2) is 5.46. The van der Waals surface area contributed by atoms with Crippen molar-refractivity contribution in [2.24, 2.45) is 0 Å². The Morgan fingerprint density at radius 2 is 2.20 bits per heavy atom. The molecule has 20 heavy (non-hydrogen) atoms. The fourth-order valence-electron chi connectivity index (χ4n) is 2.38. The molecule has 2 N–H and O–H groups in total. The van der Waals surface area contributed by atoms with Gasteiger partial charge in [-0.25, -0.2) is 0 Å². The van der Waals surface area contributed by atoms with E-state index in [0.717, 1.165) is 6.42 Å². The second-order valence-corrected chi connectivity index (χ2v) is 5.08. The van der Waals surface area contributed by atoms with Gasteiger partial charge < -0.3 is 14.8 Å². The van der Waals surface area contributed by atoms with Crippen molar-refractivity contribution < 1.29 is 4.52 Å². The van der Waals surface area contributed by atoms with Gasteiger partial charge in [-0.3, -0.25) is 0 Å². The highest BCUT2D eigenvalue weighted by atomic mass is 16.5. The maximum Gasteiger partial charge on any atom is 0.240 e. The molecule has 0 saturated heterocycles. The Kier molecular flexibility index (Phi) is 3.52. The van der Waals surface area contributed by atoms with E-state index in [2.05, 4.69) is 51.8 Å². The Morgan fingerprint density at radius 3 is 3.00 bits per heavy atom. The molecule has 1 unspecified atom stereocenters. The van der Waals surface area contributed by atoms with E-state index in [1.54, 1.807) is 0 Å². The van der Waals surface area contributed by atoms with Crippen LogP contribution in [0.5, 0.6) is 0 Å². The van der Waals surface area contributed by atoms with Gasteiger partial charge in [-0.15, -0.1) is 0 Å². The van der Waals surface area contributed by atoms with Crippen LogP contribution in [0.2, 0.25) is 0 Å². The van der Waals surface area contributed by atoms with Crippen LogP contribution in [0.15, 0.2) is 35.0 Å². The molecule has 0 spiro atoms. The highest BCUT2D eigenvalue weighted by Gasteiger charge is 2.09. The first-order chi connectivity index (χ1) is 9.72. The van der Waals surface area contributed by atoms with Crippen molar-refractivity contribution in [1.82, 2.24) is 20.4 Å². The minimum absolute atomic E-state index is 0.335. The lowest BCUT2D eigenvalue weighted by Gasteiger charge is -2.11. The van der Waals surface area contributed by atoms with Gasteiger partial charge in [-0.05, 0) is 31.9 Å². The molecule has 104 valence electrons. The topological polar surface area (TPSA) is 66.7 Å². The summed E-state index contributed by atoms with van der Waals surface area (Å²) < 4.78 is 5.09. The molecule has 5 nitrogen and oxygen atoms in total. The number of rotatable bonds is 5. The van der Waals surface area contributed by atoms with Crippen LogP contribution in [0.4, 0.5) is 0 Å². The summed E-state index contributed by atoms with van der Waals surface area (Å²) in [4.78, 5) is 7.49. The Bertz CT molecular complexity index is 701. The summed E-state index contributed by atoms with van der Waals surface area (Å²) in [6.45, 7) is 4.58. The van der Waals surface area contributed by atoms with Crippen molar-refractivity contribution in [1.29, 1.82) is 0 Å². The lowest BCUT2D eigenvalue weighted by atomic mass is 10.1. The van der Waals surface area contributed by atoms with E-state index in [0.29, 0.717) is 24.3 Å². The molecule has 0 aliphatic heterocycles. The van der Waals surface area contributed by atoms with Crippen molar-refractivity contribution in [2.75, 3.05) is 0 Å². The summed E-state index contributed by atoms with van der Waals surface area (Å²) in [6.07, 6.45) is 3.04. The first-order valence-corrected chi connectivity index (χ1v) is 6.80. The number of nitrogens with one attached hydrogen (secondary N) is 2. The fourth-order valence-corrected chi connectivity index (χ4v) is 2.38. The number of para-hydroxylation sites is 1. The Labute approximate surface area is 117 Å². The van der Waals surface area contributed by atoms with E-state index in [1.807, 2.05) is 13.0 Å². The van der Waals surface area contributed by atoms with Gasteiger partial charge in [0.2, 0.25) is 5.89 Å². The van der Waals surface area contributed by atoms with E-state index in [4.69, 9.17) is 4.52 Å². The highest BCUT2D eigenvalue weighted by Crippen LogP contribution is 2.19. The van der Waals surface area contributed by atoms with Crippen LogP contribution in [0, 0.1) is 6.92 Å². The molecule has 0 radical (unpaired) electrons. The average molecular weight is 270 g/mol. The molecular formula is C15H18N4O. The van der Waals surface area contributed by atoms with Crippen LogP contribution >= 0.6 is 0 Å². The minimum Gasteiger partial charge on any atom is -0.361 e. The zero-order valence-corrected chi connectivity index (χ0v) is 11.7. The van der Waals surface area contributed by atoms with E-state index in [-0.39, 0.29) is 0 Å². The molecule has 1 atom stereocenters. The third-order valence-corrected chi connectivity index (χ3v) is 3.37. The predicted octanol–water partition coefficient (Wildman–Crippen LogP) is 2.58. The molecule has 0 saturated carbocycles. The van der Waals surface area contributed by atoms with Crippen LogP contribution in [0.3, 0.4) is 0 Å². The molecule has 3 rings (SSSR count). The zero-order chi connectivity index (χ0) is 13.9. The van der Waals surface area contributed by atoms with Crippen LogP contribution in [0.1, 0.15) is 24.2 Å². The van der Waals surface area contributed by atoms with Gasteiger partial charge in [0, 0.05) is 23.1 Å². The van der Waals surface area contributed by atoms with Crippen molar-refractivity contribution >= 4 is 10.9 Å². The number of nitrogens with zero attached hydrogens (tertiary/aromatic N) is 2. The predicted molar refractivity (Wildman–Crippen MR) is 77.3 cm³/mol. The Hall–Kier alpha value is -2.14. The van der Waals surface area contributed by atoms with Crippen LogP contribution in [-0.4, -0.2) is 21.2 Å². The standard InChI is InChI=1S/C15H18N4O/c1-10(16-9-15-18-11(2)19-20-15)7-12-8-17-14-6-4-3-5-13(12)14/h3-6,8,10,16-17H,7,9H2,1-2H3. The number of aromatic nitrogens is 3. The molecule has 0 aliphatic carbocycles. The Morgan fingerprint density at radius 1 is 1.35 bits per heavy atom. The summed E-state index contributed by atoms with van der Waals surface area (Å²) in [5, 5.41) is 8.47.